The Balaban J connectivity index is 2.05. The third kappa shape index (κ3) is 4.97. The molecule has 0 aromatic carbocycles. The summed E-state index contributed by atoms with van der Waals surface area (Å²) in [6.45, 7) is 7.22. The molecule has 0 aromatic heterocycles. The number of carbonyl (C=O) groups is 1. The van der Waals surface area contributed by atoms with Gasteiger partial charge in [0.2, 0.25) is 0 Å². The van der Waals surface area contributed by atoms with Gasteiger partial charge >= 0.3 is 5.97 Å². The van der Waals surface area contributed by atoms with E-state index >= 15 is 0 Å². The molecule has 0 aliphatic carbocycles. The highest BCUT2D eigenvalue weighted by atomic mass is 16.6. The van der Waals surface area contributed by atoms with Crippen LogP contribution < -0.4 is 0 Å². The molecule has 0 radical (unpaired) electrons. The maximum absolute atomic E-state index is 11.6. The highest BCUT2D eigenvalue weighted by Crippen LogP contribution is 2.26. The summed E-state index contributed by atoms with van der Waals surface area (Å²) in [5.41, 5.74) is -0.183. The van der Waals surface area contributed by atoms with Gasteiger partial charge < -0.3 is 9.47 Å². The number of esters is 1. The van der Waals surface area contributed by atoms with Crippen LogP contribution >= 0.6 is 0 Å². The van der Waals surface area contributed by atoms with Crippen molar-refractivity contribution in [1.29, 1.82) is 0 Å². The standard InChI is InChI=1S/C13H24O3/c1-4-5-6-7-8-11(2)12(14)15-9-13(3)10-16-13/h11H,4-10H2,1-3H3. The Kier molecular flexibility index (Phi) is 5.26. The smallest absolute Gasteiger partial charge is 0.308 e. The molecule has 2 unspecified atom stereocenters. The maximum atomic E-state index is 11.6. The van der Waals surface area contributed by atoms with Crippen molar-refractivity contribution in [1.82, 2.24) is 0 Å². The minimum absolute atomic E-state index is 0.0270. The Bertz CT molecular complexity index is 221. The largest absolute Gasteiger partial charge is 0.462 e. The van der Waals surface area contributed by atoms with Crippen LogP contribution in [0.2, 0.25) is 0 Å². The lowest BCUT2D eigenvalue weighted by Gasteiger charge is -2.12. The number of epoxide rings is 1. The zero-order valence-electron chi connectivity index (χ0n) is 10.8. The summed E-state index contributed by atoms with van der Waals surface area (Å²) in [7, 11) is 0. The highest BCUT2D eigenvalue weighted by molar-refractivity contribution is 5.72. The molecule has 0 bridgehead atoms. The van der Waals surface area contributed by atoms with Crippen LogP contribution in [0.15, 0.2) is 0 Å². The van der Waals surface area contributed by atoms with Gasteiger partial charge in [0.15, 0.2) is 0 Å². The van der Waals surface area contributed by atoms with E-state index in [1.807, 2.05) is 13.8 Å². The van der Waals surface area contributed by atoms with Gasteiger partial charge in [-0.3, -0.25) is 4.79 Å². The summed E-state index contributed by atoms with van der Waals surface area (Å²) in [6.07, 6.45) is 5.77. The zero-order chi connectivity index (χ0) is 12.0. The first kappa shape index (κ1) is 13.5. The second-order valence-corrected chi connectivity index (χ2v) is 5.10. The molecule has 94 valence electrons. The van der Waals surface area contributed by atoms with Gasteiger partial charge in [-0.15, -0.1) is 0 Å². The van der Waals surface area contributed by atoms with Crippen LogP contribution in [0.1, 0.15) is 52.9 Å². The average molecular weight is 228 g/mol. The van der Waals surface area contributed by atoms with E-state index in [1.165, 1.54) is 19.3 Å². The van der Waals surface area contributed by atoms with Crippen LogP contribution in [0.4, 0.5) is 0 Å². The Morgan fingerprint density at radius 2 is 2.12 bits per heavy atom. The lowest BCUT2D eigenvalue weighted by atomic mass is 10.0. The van der Waals surface area contributed by atoms with Crippen molar-refractivity contribution in [3.8, 4) is 0 Å². The SMILES string of the molecule is CCCCCCC(C)C(=O)OCC1(C)CO1. The number of carbonyl (C=O) groups excluding carboxylic acids is 1. The molecule has 3 nitrogen and oxygen atoms in total. The van der Waals surface area contributed by atoms with Crippen molar-refractivity contribution in [2.75, 3.05) is 13.2 Å². The summed E-state index contributed by atoms with van der Waals surface area (Å²) in [6, 6.07) is 0. The van der Waals surface area contributed by atoms with E-state index < -0.39 is 0 Å². The van der Waals surface area contributed by atoms with E-state index in [9.17, 15) is 4.79 Å². The van der Waals surface area contributed by atoms with Crippen LogP contribution in [0.5, 0.6) is 0 Å². The fraction of sp³-hybridized carbons (Fsp3) is 0.923. The molecule has 1 fully saturated rings. The molecule has 0 aromatic rings. The van der Waals surface area contributed by atoms with E-state index in [4.69, 9.17) is 9.47 Å². The van der Waals surface area contributed by atoms with Gasteiger partial charge in [0.25, 0.3) is 0 Å². The van der Waals surface area contributed by atoms with Crippen molar-refractivity contribution < 1.29 is 14.3 Å². The minimum atomic E-state index is -0.183. The van der Waals surface area contributed by atoms with Gasteiger partial charge in [0.1, 0.15) is 12.2 Å². The Morgan fingerprint density at radius 1 is 1.44 bits per heavy atom. The highest BCUT2D eigenvalue weighted by Gasteiger charge is 2.40. The van der Waals surface area contributed by atoms with Crippen molar-refractivity contribution in [3.63, 3.8) is 0 Å². The predicted octanol–water partition coefficient (Wildman–Crippen LogP) is 2.93. The monoisotopic (exact) mass is 228 g/mol. The van der Waals surface area contributed by atoms with Gasteiger partial charge in [-0.25, -0.2) is 0 Å². The normalized spacial score (nSPS) is 25.2. The Labute approximate surface area is 98.5 Å². The molecular weight excluding hydrogens is 204 g/mol. The molecular formula is C13H24O3. The summed E-state index contributed by atoms with van der Waals surface area (Å²) >= 11 is 0. The molecule has 3 heteroatoms. The number of hydrogen-bond acceptors (Lipinski definition) is 3. The molecule has 1 heterocycles. The summed E-state index contributed by atoms with van der Waals surface area (Å²) in [5.74, 6) is -0.0487. The van der Waals surface area contributed by atoms with E-state index in [0.717, 1.165) is 12.8 Å². The lowest BCUT2D eigenvalue weighted by molar-refractivity contribution is -0.149. The summed E-state index contributed by atoms with van der Waals surface area (Å²) < 4.78 is 10.4. The number of ether oxygens (including phenoxy) is 2. The van der Waals surface area contributed by atoms with Crippen LogP contribution in [0, 0.1) is 5.92 Å². The second kappa shape index (κ2) is 6.24. The van der Waals surface area contributed by atoms with Crippen LogP contribution in [0.3, 0.4) is 0 Å². The first-order chi connectivity index (χ1) is 7.57. The first-order valence-corrected chi connectivity index (χ1v) is 6.38. The van der Waals surface area contributed by atoms with E-state index in [0.29, 0.717) is 13.2 Å². The Morgan fingerprint density at radius 3 is 2.69 bits per heavy atom. The molecule has 1 saturated heterocycles. The van der Waals surface area contributed by atoms with E-state index in [1.54, 1.807) is 0 Å². The molecule has 0 N–H and O–H groups in total. The molecule has 0 spiro atoms. The van der Waals surface area contributed by atoms with E-state index in [-0.39, 0.29) is 17.5 Å². The van der Waals surface area contributed by atoms with Crippen molar-refractivity contribution in [3.05, 3.63) is 0 Å². The van der Waals surface area contributed by atoms with Gasteiger partial charge in [-0.05, 0) is 13.3 Å². The fourth-order valence-electron chi connectivity index (χ4n) is 1.57. The van der Waals surface area contributed by atoms with Crippen molar-refractivity contribution in [2.45, 2.75) is 58.5 Å². The molecule has 0 saturated carbocycles. The predicted molar refractivity (Wildman–Crippen MR) is 63.2 cm³/mol. The lowest BCUT2D eigenvalue weighted by Crippen LogP contribution is -2.22. The molecule has 0 amide bonds. The molecule has 1 aliphatic heterocycles. The first-order valence-electron chi connectivity index (χ1n) is 6.38. The zero-order valence-corrected chi connectivity index (χ0v) is 10.8. The second-order valence-electron chi connectivity index (χ2n) is 5.10. The average Bonchev–Trinajstić information content (AvgIpc) is 3.00. The van der Waals surface area contributed by atoms with E-state index in [2.05, 4.69) is 6.92 Å². The Hall–Kier alpha value is -0.570. The third-order valence-electron chi connectivity index (χ3n) is 3.05. The number of rotatable bonds is 8. The number of unbranched alkanes of at least 4 members (excludes halogenated alkanes) is 3. The van der Waals surface area contributed by atoms with Crippen LogP contribution in [-0.2, 0) is 14.3 Å². The van der Waals surface area contributed by atoms with Gasteiger partial charge in [-0.2, -0.15) is 0 Å². The molecule has 1 rings (SSSR count). The van der Waals surface area contributed by atoms with Crippen molar-refractivity contribution >= 4 is 5.97 Å². The number of hydrogen-bond donors (Lipinski definition) is 0. The quantitative estimate of drug-likeness (QED) is 0.364. The van der Waals surface area contributed by atoms with Gasteiger partial charge in [0, 0.05) is 0 Å². The molecule has 2 atom stereocenters. The van der Waals surface area contributed by atoms with Gasteiger partial charge in [-0.1, -0.05) is 39.5 Å². The van der Waals surface area contributed by atoms with Crippen LogP contribution in [0.25, 0.3) is 0 Å². The fourth-order valence-corrected chi connectivity index (χ4v) is 1.57. The van der Waals surface area contributed by atoms with Crippen molar-refractivity contribution in [2.24, 2.45) is 5.92 Å². The summed E-state index contributed by atoms with van der Waals surface area (Å²) in [5, 5.41) is 0. The topological polar surface area (TPSA) is 38.8 Å². The third-order valence-corrected chi connectivity index (χ3v) is 3.05. The van der Waals surface area contributed by atoms with Crippen LogP contribution in [-0.4, -0.2) is 24.8 Å². The molecule has 16 heavy (non-hydrogen) atoms. The van der Waals surface area contributed by atoms with Gasteiger partial charge in [0.05, 0.1) is 12.5 Å². The molecule has 1 aliphatic rings. The maximum Gasteiger partial charge on any atom is 0.308 e. The minimum Gasteiger partial charge on any atom is -0.462 e. The summed E-state index contributed by atoms with van der Waals surface area (Å²) in [4.78, 5) is 11.6.